The van der Waals surface area contributed by atoms with Crippen LogP contribution >= 0.6 is 0 Å². The summed E-state index contributed by atoms with van der Waals surface area (Å²) in [5.74, 6) is -1.87. The van der Waals surface area contributed by atoms with Crippen LogP contribution < -0.4 is 0 Å². The van der Waals surface area contributed by atoms with E-state index in [1.807, 2.05) is 24.3 Å². The van der Waals surface area contributed by atoms with Crippen LogP contribution in [0.1, 0.15) is 86.2 Å². The molecule has 0 bridgehead atoms. The van der Waals surface area contributed by atoms with Gasteiger partial charge in [0.05, 0.1) is 0 Å². The second kappa shape index (κ2) is 10.1. The van der Waals surface area contributed by atoms with Crippen LogP contribution in [-0.2, 0) is 24.7 Å². The van der Waals surface area contributed by atoms with Crippen molar-refractivity contribution in [2.75, 3.05) is 0 Å². The van der Waals surface area contributed by atoms with Crippen molar-refractivity contribution in [3.05, 3.63) is 58.7 Å². The largest absolute Gasteiger partial charge is 0.331 e. The summed E-state index contributed by atoms with van der Waals surface area (Å²) in [5, 5.41) is 7.24. The van der Waals surface area contributed by atoms with Gasteiger partial charge in [-0.3, -0.25) is 9.59 Å². The van der Waals surface area contributed by atoms with Gasteiger partial charge in [-0.15, -0.1) is 0 Å². The molecule has 0 N–H and O–H groups in total. The molecule has 0 amide bonds. The Hall–Kier alpha value is -3.94. The molecule has 2 aromatic rings. The number of hydrogen-bond donors (Lipinski definition) is 0. The molecule has 0 aliphatic heterocycles. The van der Waals surface area contributed by atoms with Crippen molar-refractivity contribution >= 4 is 34.9 Å². The van der Waals surface area contributed by atoms with Crippen LogP contribution in [0.5, 0.6) is 0 Å². The Balaban J connectivity index is 2.07. The molecule has 2 aromatic carbocycles. The van der Waals surface area contributed by atoms with Crippen LogP contribution in [-0.4, -0.2) is 34.9 Å². The highest BCUT2D eigenvalue weighted by molar-refractivity contribution is 6.45. The Bertz CT molecular complexity index is 1190. The van der Waals surface area contributed by atoms with E-state index < -0.39 is 17.4 Å². The molecular formula is C27H28N2O6. The number of nitrogens with zero attached hydrogens (tertiary/aromatic N) is 2. The summed E-state index contributed by atoms with van der Waals surface area (Å²) < 4.78 is 0. The monoisotopic (exact) mass is 476 g/mol. The van der Waals surface area contributed by atoms with Gasteiger partial charge < -0.3 is 9.68 Å². The van der Waals surface area contributed by atoms with E-state index in [-0.39, 0.29) is 23.0 Å². The van der Waals surface area contributed by atoms with Crippen molar-refractivity contribution in [2.24, 2.45) is 10.3 Å². The molecule has 8 nitrogen and oxygen atoms in total. The first-order valence-corrected chi connectivity index (χ1v) is 11.4. The Morgan fingerprint density at radius 2 is 1.06 bits per heavy atom. The maximum atomic E-state index is 12.9. The van der Waals surface area contributed by atoms with E-state index in [0.29, 0.717) is 11.1 Å². The Morgan fingerprint density at radius 1 is 0.686 bits per heavy atom. The molecule has 1 aliphatic carbocycles. The topological polar surface area (TPSA) is 111 Å². The summed E-state index contributed by atoms with van der Waals surface area (Å²) in [4.78, 5) is 57.2. The molecule has 0 atom stereocenters. The highest BCUT2D eigenvalue weighted by atomic mass is 16.7. The highest BCUT2D eigenvalue weighted by Crippen LogP contribution is 2.53. The number of ketones is 2. The summed E-state index contributed by atoms with van der Waals surface area (Å²) in [7, 11) is 0. The van der Waals surface area contributed by atoms with Gasteiger partial charge in [-0.1, -0.05) is 48.4 Å². The average molecular weight is 477 g/mol. The molecule has 0 radical (unpaired) electrons. The zero-order chi connectivity index (χ0) is 25.9. The quantitative estimate of drug-likeness (QED) is 0.229. The fraction of sp³-hybridized carbons (Fsp3) is 0.333. The number of rotatable bonds is 8. The summed E-state index contributed by atoms with van der Waals surface area (Å²) >= 11 is 0. The summed E-state index contributed by atoms with van der Waals surface area (Å²) in [5.41, 5.74) is 4.62. The predicted molar refractivity (Wildman–Crippen MR) is 132 cm³/mol. The van der Waals surface area contributed by atoms with E-state index >= 15 is 0 Å². The van der Waals surface area contributed by atoms with Gasteiger partial charge in [0.2, 0.25) is 11.6 Å². The van der Waals surface area contributed by atoms with Gasteiger partial charge in [0.15, 0.2) is 0 Å². The zero-order valence-corrected chi connectivity index (χ0v) is 20.7. The number of fused-ring (bicyclic) bond motifs is 3. The normalized spacial score (nSPS) is 14.1. The SMILES string of the molecule is CCC1(CC)c2cc(C(=O)/C(C)=N/OC(C)=O)ccc2-c2ccc(C(=O)/C(C)=N/OC(C)=O)cc21. The second-order valence-corrected chi connectivity index (χ2v) is 8.49. The lowest BCUT2D eigenvalue weighted by atomic mass is 9.73. The number of carbonyl (C=O) groups is 4. The molecule has 0 aromatic heterocycles. The molecule has 0 fully saturated rings. The number of oxime groups is 2. The van der Waals surface area contributed by atoms with Crippen LogP contribution in [0, 0.1) is 0 Å². The smallest absolute Gasteiger partial charge is 0.318 e. The average Bonchev–Trinajstić information content (AvgIpc) is 3.13. The first-order valence-electron chi connectivity index (χ1n) is 11.4. The van der Waals surface area contributed by atoms with Crippen molar-refractivity contribution in [2.45, 2.75) is 59.8 Å². The van der Waals surface area contributed by atoms with E-state index in [2.05, 4.69) is 33.8 Å². The number of carbonyl (C=O) groups excluding carboxylic acids is 4. The predicted octanol–water partition coefficient (Wildman–Crippen LogP) is 5.02. The van der Waals surface area contributed by atoms with Gasteiger partial charge in [-0.05, 0) is 61.1 Å². The molecule has 8 heteroatoms. The maximum Gasteiger partial charge on any atom is 0.331 e. The number of hydrogen-bond acceptors (Lipinski definition) is 8. The van der Waals surface area contributed by atoms with Crippen molar-refractivity contribution in [3.63, 3.8) is 0 Å². The van der Waals surface area contributed by atoms with Crippen LogP contribution in [0.25, 0.3) is 11.1 Å². The van der Waals surface area contributed by atoms with Gasteiger partial charge in [0, 0.05) is 30.4 Å². The van der Waals surface area contributed by atoms with Gasteiger partial charge >= 0.3 is 11.9 Å². The van der Waals surface area contributed by atoms with E-state index in [1.165, 1.54) is 27.7 Å². The van der Waals surface area contributed by atoms with Crippen LogP contribution in [0.2, 0.25) is 0 Å². The van der Waals surface area contributed by atoms with Gasteiger partial charge in [-0.25, -0.2) is 9.59 Å². The standard InChI is InChI=1S/C27H28N2O6/c1-7-27(8-2)23-13-19(25(32)15(3)28-34-17(5)30)9-11-21(23)22-12-10-20(14-24(22)27)26(33)16(4)29-35-18(6)31/h9-14H,7-8H2,1-6H3/b28-15+,29-16+. The van der Waals surface area contributed by atoms with Crippen LogP contribution in [0.4, 0.5) is 0 Å². The molecule has 0 saturated heterocycles. The van der Waals surface area contributed by atoms with E-state index in [9.17, 15) is 19.2 Å². The minimum Gasteiger partial charge on any atom is -0.318 e. The highest BCUT2D eigenvalue weighted by Gasteiger charge is 2.41. The number of Topliss-reactive ketones (excluding diaryl/α,β-unsaturated/α-hetero) is 2. The summed E-state index contributed by atoms with van der Waals surface area (Å²) in [6.07, 6.45) is 1.50. The Labute approximate surface area is 204 Å². The molecule has 0 heterocycles. The lowest BCUT2D eigenvalue weighted by Crippen LogP contribution is -2.24. The lowest BCUT2D eigenvalue weighted by Gasteiger charge is -2.30. The lowest BCUT2D eigenvalue weighted by molar-refractivity contribution is -0.141. The van der Waals surface area contributed by atoms with Crippen molar-refractivity contribution in [1.82, 2.24) is 0 Å². The third-order valence-corrected chi connectivity index (χ3v) is 6.37. The molecule has 35 heavy (non-hydrogen) atoms. The van der Waals surface area contributed by atoms with Crippen molar-refractivity contribution in [1.29, 1.82) is 0 Å². The summed E-state index contributed by atoms with van der Waals surface area (Å²) in [6.45, 7) is 9.58. The number of benzene rings is 2. The first kappa shape index (κ1) is 25.7. The van der Waals surface area contributed by atoms with Gasteiger partial charge in [-0.2, -0.15) is 0 Å². The molecule has 0 unspecified atom stereocenters. The van der Waals surface area contributed by atoms with E-state index in [1.54, 1.807) is 12.1 Å². The fourth-order valence-electron chi connectivity index (χ4n) is 4.56. The van der Waals surface area contributed by atoms with Gasteiger partial charge in [0.25, 0.3) is 0 Å². The third-order valence-electron chi connectivity index (χ3n) is 6.37. The van der Waals surface area contributed by atoms with E-state index in [4.69, 9.17) is 0 Å². The third kappa shape index (κ3) is 4.82. The minimum absolute atomic E-state index is 0.0738. The van der Waals surface area contributed by atoms with Gasteiger partial charge in [0.1, 0.15) is 11.4 Å². The van der Waals surface area contributed by atoms with Crippen LogP contribution in [0.3, 0.4) is 0 Å². The van der Waals surface area contributed by atoms with Crippen molar-refractivity contribution in [3.8, 4) is 11.1 Å². The molecule has 0 saturated carbocycles. The van der Waals surface area contributed by atoms with Crippen molar-refractivity contribution < 1.29 is 28.9 Å². The molecule has 182 valence electrons. The molecule has 1 aliphatic rings. The van der Waals surface area contributed by atoms with E-state index in [0.717, 1.165) is 35.1 Å². The molecule has 0 spiro atoms. The first-order chi connectivity index (χ1) is 16.5. The second-order valence-electron chi connectivity index (χ2n) is 8.49. The zero-order valence-electron chi connectivity index (χ0n) is 20.7. The Morgan fingerprint density at radius 3 is 1.37 bits per heavy atom. The molecule has 3 rings (SSSR count). The maximum absolute atomic E-state index is 12.9. The summed E-state index contributed by atoms with van der Waals surface area (Å²) in [6, 6.07) is 11.0. The fourth-order valence-corrected chi connectivity index (χ4v) is 4.56. The van der Waals surface area contributed by atoms with Crippen LogP contribution in [0.15, 0.2) is 46.7 Å². The Kier molecular flexibility index (Phi) is 7.43. The molecular weight excluding hydrogens is 448 g/mol. The minimum atomic E-state index is -0.601.